The summed E-state index contributed by atoms with van der Waals surface area (Å²) >= 11 is 0. The second-order valence-corrected chi connectivity index (χ2v) is 4.45. The third kappa shape index (κ3) is 3.71. The van der Waals surface area contributed by atoms with Crippen LogP contribution in [0.15, 0.2) is 42.5 Å². The van der Waals surface area contributed by atoms with Gasteiger partial charge in [0.15, 0.2) is 0 Å². The number of ether oxygens (including phenoxy) is 2. The number of nitrogens with zero attached hydrogens (tertiary/aromatic N) is 1. The van der Waals surface area contributed by atoms with Gasteiger partial charge >= 0.3 is 0 Å². The molecule has 106 valence electrons. The lowest BCUT2D eigenvalue weighted by molar-refractivity contribution is 0.173. The van der Waals surface area contributed by atoms with Crippen LogP contribution >= 0.6 is 0 Å². The first-order valence-corrected chi connectivity index (χ1v) is 6.63. The first-order chi connectivity index (χ1) is 9.72. The maximum atomic E-state index is 9.72. The molecule has 0 bridgehead atoms. The Morgan fingerprint density at radius 2 is 1.90 bits per heavy atom. The molecule has 1 atom stereocenters. The van der Waals surface area contributed by atoms with Crippen molar-refractivity contribution in [3.8, 4) is 11.6 Å². The summed E-state index contributed by atoms with van der Waals surface area (Å²) in [6, 6.07) is 13.0. The molecule has 1 aromatic heterocycles. The predicted octanol–water partition coefficient (Wildman–Crippen LogP) is 3.11. The highest BCUT2D eigenvalue weighted by Gasteiger charge is 2.05. The molecule has 1 aromatic carbocycles. The molecule has 4 nitrogen and oxygen atoms in total. The van der Waals surface area contributed by atoms with Crippen molar-refractivity contribution in [2.45, 2.75) is 26.1 Å². The molecule has 0 amide bonds. The molecule has 4 heteroatoms. The van der Waals surface area contributed by atoms with Gasteiger partial charge < -0.3 is 14.6 Å². The van der Waals surface area contributed by atoms with Gasteiger partial charge in [-0.3, -0.25) is 0 Å². The fraction of sp³-hybridized carbons (Fsp3) is 0.312. The van der Waals surface area contributed by atoms with Crippen molar-refractivity contribution in [1.29, 1.82) is 0 Å². The molecular weight excluding hydrogens is 254 g/mol. The Hall–Kier alpha value is -2.07. The van der Waals surface area contributed by atoms with Gasteiger partial charge in [-0.2, -0.15) is 0 Å². The number of rotatable bonds is 6. The number of methoxy groups -OCH3 is 1. The minimum atomic E-state index is -0.413. The van der Waals surface area contributed by atoms with Gasteiger partial charge in [0, 0.05) is 6.07 Å². The Balaban J connectivity index is 1.96. The molecule has 1 N–H and O–H groups in total. The lowest BCUT2D eigenvalue weighted by atomic mass is 10.1. The highest BCUT2D eigenvalue weighted by Crippen LogP contribution is 2.20. The van der Waals surface area contributed by atoms with Gasteiger partial charge in [0.25, 0.3) is 0 Å². The van der Waals surface area contributed by atoms with E-state index in [9.17, 15) is 5.11 Å². The molecule has 0 saturated carbocycles. The van der Waals surface area contributed by atoms with Crippen LogP contribution in [0.1, 0.15) is 30.7 Å². The summed E-state index contributed by atoms with van der Waals surface area (Å²) in [5.41, 5.74) is 1.71. The summed E-state index contributed by atoms with van der Waals surface area (Å²) in [5, 5.41) is 9.72. The van der Waals surface area contributed by atoms with Crippen LogP contribution in [0.4, 0.5) is 0 Å². The van der Waals surface area contributed by atoms with Gasteiger partial charge in [0.1, 0.15) is 12.4 Å². The van der Waals surface area contributed by atoms with Gasteiger partial charge in [-0.15, -0.1) is 0 Å². The fourth-order valence-corrected chi connectivity index (χ4v) is 1.83. The zero-order valence-electron chi connectivity index (χ0n) is 11.7. The molecule has 0 aliphatic carbocycles. The molecule has 1 heterocycles. The van der Waals surface area contributed by atoms with Crippen molar-refractivity contribution >= 4 is 0 Å². The van der Waals surface area contributed by atoms with E-state index in [-0.39, 0.29) is 0 Å². The summed E-state index contributed by atoms with van der Waals surface area (Å²) in [6.07, 6.45) is 0.289. The number of hydrogen-bond donors (Lipinski definition) is 1. The van der Waals surface area contributed by atoms with E-state index in [2.05, 4.69) is 4.98 Å². The number of benzene rings is 1. The Morgan fingerprint density at radius 3 is 2.55 bits per heavy atom. The minimum Gasteiger partial charge on any atom is -0.487 e. The van der Waals surface area contributed by atoms with Crippen LogP contribution in [0, 0.1) is 0 Å². The van der Waals surface area contributed by atoms with Gasteiger partial charge in [-0.1, -0.05) is 25.1 Å². The number of aliphatic hydroxyl groups excluding tert-OH is 1. The molecule has 0 aliphatic rings. The van der Waals surface area contributed by atoms with E-state index >= 15 is 0 Å². The Bertz CT molecular complexity index is 540. The quantitative estimate of drug-likeness (QED) is 0.878. The highest BCUT2D eigenvalue weighted by molar-refractivity contribution is 5.28. The SMILES string of the molecule is CCC(O)c1ccc(OCc2cccc(OC)n2)cc1. The molecular formula is C16H19NO3. The van der Waals surface area contributed by atoms with E-state index in [1.54, 1.807) is 13.2 Å². The second kappa shape index (κ2) is 6.91. The highest BCUT2D eigenvalue weighted by atomic mass is 16.5. The molecule has 0 saturated heterocycles. The van der Waals surface area contributed by atoms with Crippen LogP contribution in [0.5, 0.6) is 11.6 Å². The monoisotopic (exact) mass is 273 g/mol. The first-order valence-electron chi connectivity index (χ1n) is 6.63. The van der Waals surface area contributed by atoms with Gasteiger partial charge in [-0.25, -0.2) is 4.98 Å². The maximum Gasteiger partial charge on any atom is 0.213 e. The van der Waals surface area contributed by atoms with E-state index in [0.717, 1.165) is 17.0 Å². The Labute approximate surface area is 119 Å². The normalized spacial score (nSPS) is 11.9. The molecule has 2 rings (SSSR count). The molecule has 0 fully saturated rings. The summed E-state index contributed by atoms with van der Waals surface area (Å²) in [7, 11) is 1.59. The first kappa shape index (κ1) is 14.3. The van der Waals surface area contributed by atoms with Crippen LogP contribution in [0.2, 0.25) is 0 Å². The van der Waals surface area contributed by atoms with Crippen molar-refractivity contribution in [2.24, 2.45) is 0 Å². The third-order valence-corrected chi connectivity index (χ3v) is 3.03. The average Bonchev–Trinajstić information content (AvgIpc) is 2.53. The number of hydrogen-bond acceptors (Lipinski definition) is 4. The Morgan fingerprint density at radius 1 is 1.15 bits per heavy atom. The zero-order chi connectivity index (χ0) is 14.4. The topological polar surface area (TPSA) is 51.6 Å². The smallest absolute Gasteiger partial charge is 0.213 e. The molecule has 0 spiro atoms. The average molecular weight is 273 g/mol. The largest absolute Gasteiger partial charge is 0.487 e. The van der Waals surface area contributed by atoms with Crippen molar-refractivity contribution in [2.75, 3.05) is 7.11 Å². The summed E-state index contributed by atoms with van der Waals surface area (Å²) in [4.78, 5) is 4.28. The summed E-state index contributed by atoms with van der Waals surface area (Å²) in [5.74, 6) is 1.33. The van der Waals surface area contributed by atoms with Crippen LogP contribution in [0.3, 0.4) is 0 Å². The lowest BCUT2D eigenvalue weighted by Gasteiger charge is -2.10. The molecule has 1 unspecified atom stereocenters. The lowest BCUT2D eigenvalue weighted by Crippen LogP contribution is -2.00. The molecule has 0 radical (unpaired) electrons. The van der Waals surface area contributed by atoms with Crippen molar-refractivity contribution in [1.82, 2.24) is 4.98 Å². The van der Waals surface area contributed by atoms with Gasteiger partial charge in [0.05, 0.1) is 18.9 Å². The molecule has 0 aliphatic heterocycles. The number of pyridine rings is 1. The van der Waals surface area contributed by atoms with Crippen LogP contribution < -0.4 is 9.47 Å². The third-order valence-electron chi connectivity index (χ3n) is 3.03. The van der Waals surface area contributed by atoms with Gasteiger partial charge in [-0.05, 0) is 30.2 Å². The zero-order valence-corrected chi connectivity index (χ0v) is 11.7. The summed E-state index contributed by atoms with van der Waals surface area (Å²) < 4.78 is 10.7. The van der Waals surface area contributed by atoms with Gasteiger partial charge in [0.2, 0.25) is 5.88 Å². The van der Waals surface area contributed by atoms with E-state index in [1.807, 2.05) is 43.3 Å². The predicted molar refractivity (Wildman–Crippen MR) is 76.8 cm³/mol. The van der Waals surface area contributed by atoms with Crippen LogP contribution in [-0.4, -0.2) is 17.2 Å². The minimum absolute atomic E-state index is 0.382. The standard InChI is InChI=1S/C16H19NO3/c1-3-15(18)12-7-9-14(10-8-12)20-11-13-5-4-6-16(17-13)19-2/h4-10,15,18H,3,11H2,1-2H3. The van der Waals surface area contributed by atoms with E-state index < -0.39 is 6.10 Å². The van der Waals surface area contributed by atoms with Crippen LogP contribution in [-0.2, 0) is 6.61 Å². The molecule has 2 aromatic rings. The Kier molecular flexibility index (Phi) is 4.96. The maximum absolute atomic E-state index is 9.72. The number of aliphatic hydroxyl groups is 1. The van der Waals surface area contributed by atoms with Crippen molar-refractivity contribution in [3.63, 3.8) is 0 Å². The van der Waals surface area contributed by atoms with E-state index in [4.69, 9.17) is 9.47 Å². The van der Waals surface area contributed by atoms with E-state index in [1.165, 1.54) is 0 Å². The summed E-state index contributed by atoms with van der Waals surface area (Å²) in [6.45, 7) is 2.33. The van der Waals surface area contributed by atoms with Crippen molar-refractivity contribution in [3.05, 3.63) is 53.7 Å². The second-order valence-electron chi connectivity index (χ2n) is 4.45. The molecule has 20 heavy (non-hydrogen) atoms. The van der Waals surface area contributed by atoms with E-state index in [0.29, 0.717) is 18.9 Å². The van der Waals surface area contributed by atoms with Crippen molar-refractivity contribution < 1.29 is 14.6 Å². The number of aromatic nitrogens is 1. The van der Waals surface area contributed by atoms with Crippen LogP contribution in [0.25, 0.3) is 0 Å². The fourth-order valence-electron chi connectivity index (χ4n) is 1.83.